The molecule has 1 heterocycles. The Hall–Kier alpha value is -3.03. The number of sulfonamides is 1. The van der Waals surface area contributed by atoms with E-state index in [4.69, 9.17) is 5.73 Å². The molecule has 3 aromatic rings. The lowest BCUT2D eigenvalue weighted by Gasteiger charge is -2.15. The van der Waals surface area contributed by atoms with Crippen molar-refractivity contribution in [1.29, 1.82) is 0 Å². The molecule has 1 aromatic heterocycles. The summed E-state index contributed by atoms with van der Waals surface area (Å²) in [5.74, 6) is -1.94. The molecule has 0 aliphatic carbocycles. The summed E-state index contributed by atoms with van der Waals surface area (Å²) in [6.45, 7) is 0. The summed E-state index contributed by atoms with van der Waals surface area (Å²) in [6.07, 6.45) is -3.88. The van der Waals surface area contributed by atoms with Gasteiger partial charge in [0, 0.05) is 11.8 Å². The van der Waals surface area contributed by atoms with E-state index in [1.165, 1.54) is 55.6 Å². The van der Waals surface area contributed by atoms with Gasteiger partial charge in [-0.05, 0) is 36.9 Å². The van der Waals surface area contributed by atoms with Gasteiger partial charge in [-0.15, -0.1) is 0 Å². The number of nitrogens with one attached hydrogen (secondary N) is 1. The number of rotatable bonds is 5. The first-order chi connectivity index (χ1) is 14.7. The Labute approximate surface area is 182 Å². The maximum absolute atomic E-state index is 13.3. The molecule has 0 saturated carbocycles. The van der Waals surface area contributed by atoms with Crippen molar-refractivity contribution in [3.05, 3.63) is 54.4 Å². The number of nitrogen functional groups attached to an aromatic ring is 1. The van der Waals surface area contributed by atoms with Crippen LogP contribution in [0.15, 0.2) is 58.3 Å². The van der Waals surface area contributed by atoms with Gasteiger partial charge >= 0.3 is 6.18 Å². The normalized spacial score (nSPS) is 12.7. The monoisotopic (exact) mass is 486 g/mol. The van der Waals surface area contributed by atoms with Crippen LogP contribution in [0.5, 0.6) is 0 Å². The fraction of sp³-hybridized carbons (Fsp3) is 0.158. The third-order valence-corrected chi connectivity index (χ3v) is 7.03. The van der Waals surface area contributed by atoms with Gasteiger partial charge in [-0.3, -0.25) is 0 Å². The van der Waals surface area contributed by atoms with Gasteiger partial charge in [-0.25, -0.2) is 31.5 Å². The smallest absolute Gasteiger partial charge is 0.383 e. The molecule has 0 aliphatic rings. The Morgan fingerprint density at radius 2 is 1.34 bits per heavy atom. The third-order valence-electron chi connectivity index (χ3n) is 4.47. The van der Waals surface area contributed by atoms with E-state index in [0.717, 1.165) is 6.26 Å². The van der Waals surface area contributed by atoms with E-state index in [2.05, 4.69) is 14.7 Å². The van der Waals surface area contributed by atoms with Crippen LogP contribution in [0.25, 0.3) is 22.4 Å². The Bertz CT molecular complexity index is 1370. The summed E-state index contributed by atoms with van der Waals surface area (Å²) in [5.41, 5.74) is 6.15. The van der Waals surface area contributed by atoms with Gasteiger partial charge in [-0.2, -0.15) is 13.2 Å². The number of halogens is 3. The highest BCUT2D eigenvalue weighted by Crippen LogP contribution is 2.38. The van der Waals surface area contributed by atoms with Crippen molar-refractivity contribution in [3.63, 3.8) is 0 Å². The minimum atomic E-state index is -4.88. The number of hydrogen-bond donors (Lipinski definition) is 2. The summed E-state index contributed by atoms with van der Waals surface area (Å²) < 4.78 is 89.3. The Morgan fingerprint density at radius 1 is 0.844 bits per heavy atom. The number of benzene rings is 2. The van der Waals surface area contributed by atoms with Crippen LogP contribution < -0.4 is 10.5 Å². The number of nitrogens with two attached hydrogens (primary N) is 1. The van der Waals surface area contributed by atoms with Crippen LogP contribution in [-0.2, 0) is 26.0 Å². The molecule has 0 aliphatic heterocycles. The van der Waals surface area contributed by atoms with Gasteiger partial charge in [0.25, 0.3) is 0 Å². The molecule has 0 spiro atoms. The molecule has 0 atom stereocenters. The summed E-state index contributed by atoms with van der Waals surface area (Å²) in [7, 11) is -6.02. The second kappa shape index (κ2) is 8.15. The number of alkyl halides is 3. The zero-order valence-corrected chi connectivity index (χ0v) is 18.3. The van der Waals surface area contributed by atoms with Gasteiger partial charge in [0.15, 0.2) is 9.84 Å². The zero-order chi connectivity index (χ0) is 23.9. The molecule has 0 saturated heterocycles. The fourth-order valence-corrected chi connectivity index (χ4v) is 4.24. The van der Waals surface area contributed by atoms with Gasteiger partial charge in [-0.1, -0.05) is 24.3 Å². The molecule has 13 heteroatoms. The summed E-state index contributed by atoms with van der Waals surface area (Å²) >= 11 is 0. The third kappa shape index (κ3) is 4.74. The molecule has 0 fully saturated rings. The van der Waals surface area contributed by atoms with Crippen LogP contribution in [0.1, 0.15) is 5.82 Å². The second-order valence-corrected chi connectivity index (χ2v) is 10.6. The van der Waals surface area contributed by atoms with E-state index in [9.17, 15) is 30.0 Å². The molecule has 0 unspecified atom stereocenters. The zero-order valence-electron chi connectivity index (χ0n) is 16.7. The van der Waals surface area contributed by atoms with Crippen molar-refractivity contribution in [1.82, 2.24) is 14.7 Å². The number of sulfone groups is 1. The molecule has 8 nitrogen and oxygen atoms in total. The van der Waals surface area contributed by atoms with Crippen molar-refractivity contribution < 1.29 is 30.0 Å². The topological polar surface area (TPSA) is 132 Å². The lowest BCUT2D eigenvalue weighted by Crippen LogP contribution is -2.18. The van der Waals surface area contributed by atoms with E-state index >= 15 is 0 Å². The average Bonchev–Trinajstić information content (AvgIpc) is 2.72. The predicted molar refractivity (Wildman–Crippen MR) is 112 cm³/mol. The summed E-state index contributed by atoms with van der Waals surface area (Å²) in [4.78, 5) is 6.91. The highest BCUT2D eigenvalue weighted by molar-refractivity contribution is 7.90. The number of anilines is 1. The van der Waals surface area contributed by atoms with Gasteiger partial charge in [0.1, 0.15) is 5.82 Å². The summed E-state index contributed by atoms with van der Waals surface area (Å²) in [5, 5.41) is 0. The maximum atomic E-state index is 13.3. The van der Waals surface area contributed by atoms with Gasteiger partial charge in [0.05, 0.1) is 21.0 Å². The van der Waals surface area contributed by atoms with Crippen LogP contribution >= 0.6 is 0 Å². The minimum Gasteiger partial charge on any atom is -0.383 e. The molecular weight excluding hydrogens is 469 g/mol. The first kappa shape index (κ1) is 23.6. The molecular formula is C19H17F3N4O4S2. The Balaban J connectivity index is 2.24. The average molecular weight is 486 g/mol. The van der Waals surface area contributed by atoms with Crippen LogP contribution in [0.3, 0.4) is 0 Å². The highest BCUT2D eigenvalue weighted by Gasteiger charge is 2.36. The quantitative estimate of drug-likeness (QED) is 0.567. The van der Waals surface area contributed by atoms with Crippen LogP contribution in [0.4, 0.5) is 19.0 Å². The molecule has 0 bridgehead atoms. The molecule has 32 heavy (non-hydrogen) atoms. The lowest BCUT2D eigenvalue weighted by atomic mass is 9.99. The van der Waals surface area contributed by atoms with Gasteiger partial charge in [0.2, 0.25) is 15.8 Å². The van der Waals surface area contributed by atoms with Gasteiger partial charge < -0.3 is 5.73 Å². The van der Waals surface area contributed by atoms with Crippen molar-refractivity contribution >= 4 is 25.7 Å². The minimum absolute atomic E-state index is 0.0255. The van der Waals surface area contributed by atoms with E-state index < -0.39 is 37.7 Å². The standard InChI is InChI=1S/C19H17F3N4O4S2/c1-24-32(29,30)14-9-3-11(4-10-14)15-16(25-18(19(20,21)22)26-17(15)23)12-5-7-13(8-6-12)31(2,27)28/h3-10,24H,1-2H3,(H2,23,25,26). The van der Waals surface area contributed by atoms with Crippen LogP contribution in [-0.4, -0.2) is 40.1 Å². The number of hydrogen-bond acceptors (Lipinski definition) is 7. The maximum Gasteiger partial charge on any atom is 0.451 e. The van der Waals surface area contributed by atoms with Crippen molar-refractivity contribution in [2.45, 2.75) is 16.0 Å². The molecule has 3 rings (SSSR count). The van der Waals surface area contributed by atoms with E-state index in [1.807, 2.05) is 0 Å². The molecule has 3 N–H and O–H groups in total. The Kier molecular flexibility index (Phi) is 6.02. The van der Waals surface area contributed by atoms with E-state index in [1.54, 1.807) is 0 Å². The lowest BCUT2D eigenvalue weighted by molar-refractivity contribution is -0.144. The first-order valence-electron chi connectivity index (χ1n) is 8.83. The predicted octanol–water partition coefficient (Wildman–Crippen LogP) is 2.72. The summed E-state index contributed by atoms with van der Waals surface area (Å²) in [6, 6.07) is 10.3. The number of nitrogens with zero attached hydrogens (tertiary/aromatic N) is 2. The largest absolute Gasteiger partial charge is 0.451 e. The van der Waals surface area contributed by atoms with Crippen molar-refractivity contribution in [2.24, 2.45) is 0 Å². The number of aromatic nitrogens is 2. The molecule has 0 amide bonds. The van der Waals surface area contributed by atoms with E-state index in [0.29, 0.717) is 0 Å². The SMILES string of the molecule is CNS(=O)(=O)c1ccc(-c2c(N)nc(C(F)(F)F)nc2-c2ccc(S(C)(=O)=O)cc2)cc1. The molecule has 170 valence electrons. The van der Waals surface area contributed by atoms with Crippen molar-refractivity contribution in [2.75, 3.05) is 19.0 Å². The van der Waals surface area contributed by atoms with Crippen molar-refractivity contribution in [3.8, 4) is 22.4 Å². The fourth-order valence-electron chi connectivity index (χ4n) is 2.88. The highest BCUT2D eigenvalue weighted by atomic mass is 32.2. The second-order valence-electron chi connectivity index (χ2n) is 6.68. The molecule has 0 radical (unpaired) electrons. The van der Waals surface area contributed by atoms with E-state index in [-0.39, 0.29) is 32.2 Å². The first-order valence-corrected chi connectivity index (χ1v) is 12.2. The molecule has 2 aromatic carbocycles. The Morgan fingerprint density at radius 3 is 1.81 bits per heavy atom. The van der Waals surface area contributed by atoms with Crippen LogP contribution in [0, 0.1) is 0 Å². The van der Waals surface area contributed by atoms with Crippen LogP contribution in [0.2, 0.25) is 0 Å².